The van der Waals surface area contributed by atoms with Gasteiger partial charge in [-0.05, 0) is 25.8 Å². The van der Waals surface area contributed by atoms with E-state index >= 15 is 0 Å². The third kappa shape index (κ3) is 2.99. The molecule has 2 N–H and O–H groups in total. The topological polar surface area (TPSA) is 24.1 Å². The van der Waals surface area contributed by atoms with Crippen LogP contribution in [0.15, 0.2) is 0 Å². The van der Waals surface area contributed by atoms with Gasteiger partial charge in [0.05, 0.1) is 6.17 Å². The standard InChI is InChI=1S/C7H15BrN2/c8-4-6-10-7-3-1-2-5-9-7/h7,9-10H,1-6H2. The lowest BCUT2D eigenvalue weighted by atomic mass is 10.1. The van der Waals surface area contributed by atoms with Crippen molar-refractivity contribution in [3.05, 3.63) is 0 Å². The molecule has 1 heterocycles. The fourth-order valence-corrected chi connectivity index (χ4v) is 1.48. The van der Waals surface area contributed by atoms with E-state index in [1.54, 1.807) is 0 Å². The lowest BCUT2D eigenvalue weighted by Gasteiger charge is -2.23. The van der Waals surface area contributed by atoms with Crippen LogP contribution in [0.3, 0.4) is 0 Å². The number of hydrogen-bond acceptors (Lipinski definition) is 2. The van der Waals surface area contributed by atoms with E-state index < -0.39 is 0 Å². The predicted molar refractivity (Wildman–Crippen MR) is 47.4 cm³/mol. The van der Waals surface area contributed by atoms with E-state index in [0.29, 0.717) is 6.17 Å². The number of piperidine rings is 1. The van der Waals surface area contributed by atoms with Gasteiger partial charge in [-0.2, -0.15) is 0 Å². The van der Waals surface area contributed by atoms with Crippen molar-refractivity contribution in [1.82, 2.24) is 10.6 Å². The van der Waals surface area contributed by atoms with Crippen LogP contribution < -0.4 is 10.6 Å². The highest BCUT2D eigenvalue weighted by atomic mass is 79.9. The first-order chi connectivity index (χ1) is 4.93. The average Bonchev–Trinajstić information content (AvgIpc) is 2.03. The molecule has 0 spiro atoms. The Morgan fingerprint density at radius 1 is 1.50 bits per heavy atom. The van der Waals surface area contributed by atoms with Crippen molar-refractivity contribution < 1.29 is 0 Å². The van der Waals surface area contributed by atoms with Crippen LogP contribution in [0.1, 0.15) is 19.3 Å². The van der Waals surface area contributed by atoms with E-state index in [1.165, 1.54) is 25.8 Å². The molecule has 0 aliphatic carbocycles. The summed E-state index contributed by atoms with van der Waals surface area (Å²) < 4.78 is 0. The second-order valence-corrected chi connectivity index (χ2v) is 3.44. The molecule has 1 rings (SSSR count). The molecule has 0 aromatic carbocycles. The molecular weight excluding hydrogens is 192 g/mol. The molecular formula is C7H15BrN2. The number of halogens is 1. The smallest absolute Gasteiger partial charge is 0.0571 e. The fraction of sp³-hybridized carbons (Fsp3) is 1.00. The summed E-state index contributed by atoms with van der Waals surface area (Å²) in [6.07, 6.45) is 4.57. The Morgan fingerprint density at radius 3 is 3.00 bits per heavy atom. The second kappa shape index (κ2) is 5.10. The Bertz CT molecular complexity index is 81.7. The Balaban J connectivity index is 2.02. The zero-order chi connectivity index (χ0) is 7.23. The van der Waals surface area contributed by atoms with Crippen LogP contribution in [0, 0.1) is 0 Å². The summed E-state index contributed by atoms with van der Waals surface area (Å²) in [7, 11) is 0. The molecule has 1 saturated heterocycles. The molecule has 60 valence electrons. The first kappa shape index (κ1) is 8.50. The van der Waals surface area contributed by atoms with Crippen LogP contribution in [-0.2, 0) is 0 Å². The van der Waals surface area contributed by atoms with Crippen molar-refractivity contribution in [1.29, 1.82) is 0 Å². The largest absolute Gasteiger partial charge is 0.302 e. The van der Waals surface area contributed by atoms with Gasteiger partial charge in [0.15, 0.2) is 0 Å². The number of nitrogens with one attached hydrogen (secondary N) is 2. The lowest BCUT2D eigenvalue weighted by molar-refractivity contribution is 0.351. The highest BCUT2D eigenvalue weighted by molar-refractivity contribution is 9.09. The van der Waals surface area contributed by atoms with Crippen molar-refractivity contribution >= 4 is 15.9 Å². The summed E-state index contributed by atoms with van der Waals surface area (Å²) in [6.45, 7) is 2.25. The molecule has 1 fully saturated rings. The molecule has 1 aliphatic rings. The Labute approximate surface area is 70.9 Å². The van der Waals surface area contributed by atoms with Gasteiger partial charge < -0.3 is 10.6 Å². The molecule has 0 saturated carbocycles. The van der Waals surface area contributed by atoms with E-state index in [9.17, 15) is 0 Å². The van der Waals surface area contributed by atoms with E-state index in [1.807, 2.05) is 0 Å². The van der Waals surface area contributed by atoms with Gasteiger partial charge in [0.25, 0.3) is 0 Å². The molecule has 0 bridgehead atoms. The first-order valence-electron chi connectivity index (χ1n) is 3.96. The summed E-state index contributed by atoms with van der Waals surface area (Å²) in [5.41, 5.74) is 0. The van der Waals surface area contributed by atoms with Crippen molar-refractivity contribution in [2.24, 2.45) is 0 Å². The molecule has 1 atom stereocenters. The minimum absolute atomic E-state index is 0.575. The normalized spacial score (nSPS) is 26.7. The number of hydrogen-bond donors (Lipinski definition) is 2. The molecule has 0 aromatic heterocycles. The van der Waals surface area contributed by atoms with E-state index in [-0.39, 0.29) is 0 Å². The van der Waals surface area contributed by atoms with Crippen LogP contribution in [0.25, 0.3) is 0 Å². The van der Waals surface area contributed by atoms with Crippen LogP contribution in [0.4, 0.5) is 0 Å². The van der Waals surface area contributed by atoms with Gasteiger partial charge in [0.1, 0.15) is 0 Å². The summed E-state index contributed by atoms with van der Waals surface area (Å²) in [5, 5.41) is 7.88. The van der Waals surface area contributed by atoms with Crippen LogP contribution in [0.5, 0.6) is 0 Å². The van der Waals surface area contributed by atoms with E-state index in [0.717, 1.165) is 11.9 Å². The van der Waals surface area contributed by atoms with Crippen LogP contribution in [0.2, 0.25) is 0 Å². The van der Waals surface area contributed by atoms with Crippen molar-refractivity contribution in [3.8, 4) is 0 Å². The minimum Gasteiger partial charge on any atom is -0.302 e. The zero-order valence-electron chi connectivity index (χ0n) is 6.20. The summed E-state index contributed by atoms with van der Waals surface area (Å²) >= 11 is 3.39. The Morgan fingerprint density at radius 2 is 2.40 bits per heavy atom. The molecule has 2 nitrogen and oxygen atoms in total. The molecule has 0 radical (unpaired) electrons. The highest BCUT2D eigenvalue weighted by Crippen LogP contribution is 2.03. The highest BCUT2D eigenvalue weighted by Gasteiger charge is 2.09. The third-order valence-corrected chi connectivity index (χ3v) is 2.19. The molecule has 3 heteroatoms. The average molecular weight is 207 g/mol. The lowest BCUT2D eigenvalue weighted by Crippen LogP contribution is -2.45. The minimum atomic E-state index is 0.575. The molecule has 0 amide bonds. The van der Waals surface area contributed by atoms with Gasteiger partial charge in [-0.3, -0.25) is 0 Å². The summed E-state index contributed by atoms with van der Waals surface area (Å²) in [5.74, 6) is 0. The monoisotopic (exact) mass is 206 g/mol. The maximum atomic E-state index is 3.42. The third-order valence-electron chi connectivity index (χ3n) is 1.80. The van der Waals surface area contributed by atoms with Crippen molar-refractivity contribution in [2.45, 2.75) is 25.4 Å². The zero-order valence-corrected chi connectivity index (χ0v) is 7.78. The van der Waals surface area contributed by atoms with Gasteiger partial charge in [0.2, 0.25) is 0 Å². The molecule has 0 aromatic rings. The van der Waals surface area contributed by atoms with Gasteiger partial charge in [0, 0.05) is 11.9 Å². The predicted octanol–water partition coefficient (Wildman–Crippen LogP) is 1.07. The maximum Gasteiger partial charge on any atom is 0.0571 e. The first-order valence-corrected chi connectivity index (χ1v) is 5.08. The number of rotatable bonds is 3. The Hall–Kier alpha value is 0.400. The SMILES string of the molecule is BrCCNC1CCCCN1. The van der Waals surface area contributed by atoms with Gasteiger partial charge in [-0.1, -0.05) is 15.9 Å². The number of alkyl halides is 1. The second-order valence-electron chi connectivity index (χ2n) is 2.65. The quantitative estimate of drug-likeness (QED) is 0.676. The maximum absolute atomic E-state index is 3.42. The summed E-state index contributed by atoms with van der Waals surface area (Å²) in [4.78, 5) is 0. The van der Waals surface area contributed by atoms with Gasteiger partial charge in [-0.25, -0.2) is 0 Å². The molecule has 10 heavy (non-hydrogen) atoms. The van der Waals surface area contributed by atoms with Gasteiger partial charge in [-0.15, -0.1) is 0 Å². The van der Waals surface area contributed by atoms with Crippen molar-refractivity contribution in [3.63, 3.8) is 0 Å². The van der Waals surface area contributed by atoms with E-state index in [2.05, 4.69) is 26.6 Å². The molecule has 1 aliphatic heterocycles. The van der Waals surface area contributed by atoms with Crippen LogP contribution >= 0.6 is 15.9 Å². The Kier molecular flexibility index (Phi) is 4.34. The van der Waals surface area contributed by atoms with Crippen molar-refractivity contribution in [2.75, 3.05) is 18.4 Å². The van der Waals surface area contributed by atoms with Gasteiger partial charge >= 0.3 is 0 Å². The summed E-state index contributed by atoms with van der Waals surface area (Å²) in [6, 6.07) is 0. The van der Waals surface area contributed by atoms with Crippen LogP contribution in [-0.4, -0.2) is 24.6 Å². The fourth-order valence-electron chi connectivity index (χ4n) is 1.25. The van der Waals surface area contributed by atoms with E-state index in [4.69, 9.17) is 0 Å². The molecule has 1 unspecified atom stereocenters.